The summed E-state index contributed by atoms with van der Waals surface area (Å²) in [5.41, 5.74) is 0. The van der Waals surface area contributed by atoms with Gasteiger partial charge in [0, 0.05) is 6.42 Å². The minimum Gasteiger partial charge on any atom is -1.00 e. The second kappa shape index (κ2) is 12.7. The fraction of sp³-hybridized carbons (Fsp3) is 0.643. The van der Waals surface area contributed by atoms with E-state index in [1.165, 1.54) is 0 Å². The Hall–Kier alpha value is -0.800. The fourth-order valence-electron chi connectivity index (χ4n) is 1.79. The third kappa shape index (κ3) is 10.4. The monoisotopic (exact) mass is 275 g/mol. The molecule has 0 bridgehead atoms. The minimum atomic E-state index is -0.699. The lowest BCUT2D eigenvalue weighted by atomic mass is 9.97. The van der Waals surface area contributed by atoms with Crippen LogP contribution in [0.5, 0.6) is 0 Å². The summed E-state index contributed by atoms with van der Waals surface area (Å²) in [6, 6.07) is 0. The van der Waals surface area contributed by atoms with Crippen molar-refractivity contribution in [3.8, 4) is 0 Å². The molecule has 0 saturated carbocycles. The molecular weight excluding hydrogens is 250 g/mol. The van der Waals surface area contributed by atoms with Crippen LogP contribution in [0, 0.1) is 11.8 Å². The number of rotatable bonds is 11. The molecule has 1 unspecified atom stereocenters. The van der Waals surface area contributed by atoms with E-state index in [4.69, 9.17) is 5.11 Å². The highest BCUT2D eigenvalue weighted by Crippen LogP contribution is 2.12. The maximum Gasteiger partial charge on any atom is 0.306 e. The van der Waals surface area contributed by atoms with E-state index in [9.17, 15) is 4.79 Å². The van der Waals surface area contributed by atoms with E-state index in [1.54, 1.807) is 6.92 Å². The Bertz CT molecular complexity index is 234. The average Bonchev–Trinajstić information content (AvgIpc) is 2.28. The molecule has 4 heteroatoms. The van der Waals surface area contributed by atoms with Crippen molar-refractivity contribution in [3.63, 3.8) is 0 Å². The van der Waals surface area contributed by atoms with E-state index in [-0.39, 0.29) is 18.3 Å². The van der Waals surface area contributed by atoms with Gasteiger partial charge in [0.25, 0.3) is 0 Å². The highest BCUT2D eigenvalue weighted by atomic mass is 35.5. The predicted molar refractivity (Wildman–Crippen MR) is 70.8 cm³/mol. The molecule has 3 nitrogen and oxygen atoms in total. The summed E-state index contributed by atoms with van der Waals surface area (Å²) < 4.78 is 0. The molecule has 106 valence electrons. The van der Waals surface area contributed by atoms with Gasteiger partial charge in [-0.3, -0.25) is 4.79 Å². The first-order valence-corrected chi connectivity index (χ1v) is 6.38. The zero-order valence-corrected chi connectivity index (χ0v) is 12.0. The van der Waals surface area contributed by atoms with E-state index in [1.807, 2.05) is 12.2 Å². The molecule has 0 heterocycles. The lowest BCUT2D eigenvalue weighted by Gasteiger charge is -2.12. The lowest BCUT2D eigenvalue weighted by molar-refractivity contribution is -0.656. The maximum absolute atomic E-state index is 10.6. The molecule has 0 aromatic rings. The number of halogens is 1. The van der Waals surface area contributed by atoms with Gasteiger partial charge in [0.15, 0.2) is 0 Å². The standard InChI is InChI=1S/C14H25NO2.ClH/c1-4-6-13(7-5-2)9-11-15-10-8-12(3)14(16)17;/h4-5,12-13,15H,1-2,6-11H2,3H3,(H,16,17);1H. The van der Waals surface area contributed by atoms with E-state index < -0.39 is 5.97 Å². The molecule has 1 atom stereocenters. The number of hydrogen-bond donors (Lipinski definition) is 2. The Labute approximate surface area is 117 Å². The molecule has 0 rings (SSSR count). The van der Waals surface area contributed by atoms with Gasteiger partial charge in [-0.15, -0.1) is 13.2 Å². The zero-order chi connectivity index (χ0) is 13.1. The summed E-state index contributed by atoms with van der Waals surface area (Å²) in [4.78, 5) is 10.6. The smallest absolute Gasteiger partial charge is 0.306 e. The minimum absolute atomic E-state index is 0. The van der Waals surface area contributed by atoms with Gasteiger partial charge in [-0.1, -0.05) is 19.1 Å². The first kappa shape index (κ1) is 19.5. The lowest BCUT2D eigenvalue weighted by Crippen LogP contribution is -3.00. The molecule has 0 saturated heterocycles. The van der Waals surface area contributed by atoms with E-state index in [2.05, 4.69) is 18.5 Å². The Morgan fingerprint density at radius 1 is 1.22 bits per heavy atom. The van der Waals surface area contributed by atoms with Crippen molar-refractivity contribution in [2.45, 2.75) is 32.6 Å². The van der Waals surface area contributed by atoms with E-state index in [0.29, 0.717) is 5.92 Å². The van der Waals surface area contributed by atoms with Gasteiger partial charge >= 0.3 is 5.97 Å². The highest BCUT2D eigenvalue weighted by Gasteiger charge is 2.11. The number of carboxylic acid groups (broad SMARTS) is 1. The molecule has 0 fully saturated rings. The van der Waals surface area contributed by atoms with Crippen LogP contribution in [0.4, 0.5) is 0 Å². The fourth-order valence-corrected chi connectivity index (χ4v) is 1.79. The zero-order valence-electron chi connectivity index (χ0n) is 11.3. The van der Waals surface area contributed by atoms with Crippen LogP contribution in [0.3, 0.4) is 0 Å². The molecule has 0 aromatic heterocycles. The van der Waals surface area contributed by atoms with Gasteiger partial charge in [-0.05, 0) is 25.2 Å². The van der Waals surface area contributed by atoms with Crippen molar-refractivity contribution in [3.05, 3.63) is 25.3 Å². The SMILES string of the molecule is C=CCC(CC=C)CC[NH2+]CCC(C)C(=O)O.[Cl-]. The number of carboxylic acids is 1. The van der Waals surface area contributed by atoms with Gasteiger partial charge < -0.3 is 22.8 Å². The van der Waals surface area contributed by atoms with Crippen LogP contribution in [0.1, 0.15) is 32.6 Å². The summed E-state index contributed by atoms with van der Waals surface area (Å²) in [5, 5.41) is 10.9. The predicted octanol–water partition coefficient (Wildman–Crippen LogP) is -1.18. The van der Waals surface area contributed by atoms with Crippen molar-refractivity contribution in [2.75, 3.05) is 13.1 Å². The first-order chi connectivity index (χ1) is 8.11. The third-order valence-electron chi connectivity index (χ3n) is 3.00. The van der Waals surface area contributed by atoms with Gasteiger partial charge in [-0.25, -0.2) is 0 Å². The molecule has 0 amide bonds. The Morgan fingerprint density at radius 2 is 1.72 bits per heavy atom. The quantitative estimate of drug-likeness (QED) is 0.369. The first-order valence-electron chi connectivity index (χ1n) is 6.38. The van der Waals surface area contributed by atoms with Crippen LogP contribution >= 0.6 is 0 Å². The Kier molecular flexibility index (Phi) is 13.7. The van der Waals surface area contributed by atoms with Gasteiger partial charge in [0.1, 0.15) is 0 Å². The number of carbonyl (C=O) groups is 1. The summed E-state index contributed by atoms with van der Waals surface area (Å²) in [6.45, 7) is 11.2. The largest absolute Gasteiger partial charge is 1.00 e. The Balaban J connectivity index is 0. The summed E-state index contributed by atoms with van der Waals surface area (Å²) >= 11 is 0. The second-order valence-electron chi connectivity index (χ2n) is 4.60. The van der Waals surface area contributed by atoms with Gasteiger partial charge in [0.05, 0.1) is 19.0 Å². The van der Waals surface area contributed by atoms with Crippen molar-refractivity contribution >= 4 is 5.97 Å². The molecule has 0 radical (unpaired) electrons. The molecule has 0 aromatic carbocycles. The molecule has 0 spiro atoms. The molecule has 0 aliphatic carbocycles. The number of nitrogens with two attached hydrogens (primary N) is 1. The Morgan fingerprint density at radius 3 is 2.17 bits per heavy atom. The molecule has 3 N–H and O–H groups in total. The molecule has 0 aliphatic rings. The van der Waals surface area contributed by atoms with Crippen LogP contribution in [0.2, 0.25) is 0 Å². The third-order valence-corrected chi connectivity index (χ3v) is 3.00. The number of allylic oxidation sites excluding steroid dienone is 2. The highest BCUT2D eigenvalue weighted by molar-refractivity contribution is 5.69. The van der Waals surface area contributed by atoms with Crippen molar-refractivity contribution < 1.29 is 27.6 Å². The number of hydrogen-bond acceptors (Lipinski definition) is 1. The summed E-state index contributed by atoms with van der Waals surface area (Å²) in [6.07, 6.45) is 7.86. The molecule has 0 aliphatic heterocycles. The van der Waals surface area contributed by atoms with Crippen LogP contribution in [-0.4, -0.2) is 24.2 Å². The van der Waals surface area contributed by atoms with Gasteiger partial charge in [0.2, 0.25) is 0 Å². The molecule has 18 heavy (non-hydrogen) atoms. The molecular formula is C14H26ClNO2. The van der Waals surface area contributed by atoms with E-state index >= 15 is 0 Å². The van der Waals surface area contributed by atoms with Gasteiger partial charge in [-0.2, -0.15) is 0 Å². The number of quaternary nitrogens is 1. The number of aliphatic carboxylic acids is 1. The summed E-state index contributed by atoms with van der Waals surface area (Å²) in [5.74, 6) is -0.295. The average molecular weight is 276 g/mol. The second-order valence-corrected chi connectivity index (χ2v) is 4.60. The van der Waals surface area contributed by atoms with E-state index in [0.717, 1.165) is 38.8 Å². The normalized spacial score (nSPS) is 11.7. The van der Waals surface area contributed by atoms with Crippen LogP contribution in [0.25, 0.3) is 0 Å². The topological polar surface area (TPSA) is 53.9 Å². The van der Waals surface area contributed by atoms with Crippen LogP contribution in [0.15, 0.2) is 25.3 Å². The van der Waals surface area contributed by atoms with Crippen LogP contribution in [-0.2, 0) is 4.79 Å². The summed E-state index contributed by atoms with van der Waals surface area (Å²) in [7, 11) is 0. The van der Waals surface area contributed by atoms with Crippen molar-refractivity contribution in [1.29, 1.82) is 0 Å². The maximum atomic E-state index is 10.6. The van der Waals surface area contributed by atoms with Crippen molar-refractivity contribution in [1.82, 2.24) is 0 Å². The van der Waals surface area contributed by atoms with Crippen molar-refractivity contribution in [2.24, 2.45) is 11.8 Å². The van der Waals surface area contributed by atoms with Crippen LogP contribution < -0.4 is 17.7 Å².